The predicted molar refractivity (Wildman–Crippen MR) is 139 cm³/mol. The van der Waals surface area contributed by atoms with Crippen LogP contribution < -0.4 is 4.90 Å². The van der Waals surface area contributed by atoms with Gasteiger partial charge in [0.05, 0.1) is 38.4 Å². The minimum Gasteiger partial charge on any atom is -0.334 e. The Morgan fingerprint density at radius 3 is 2.43 bits per heavy atom. The zero-order valence-corrected chi connectivity index (χ0v) is 20.7. The number of halogens is 1. The van der Waals surface area contributed by atoms with Gasteiger partial charge < -0.3 is 9.80 Å². The fraction of sp³-hybridized carbons (Fsp3) is 0.133. The Labute approximate surface area is 216 Å². The Bertz CT molecular complexity index is 1580. The number of nitrogens with zero attached hydrogens (tertiary/aromatic N) is 2. The molecule has 6 rings (SSSR count). The number of carbonyl (C=O) groups excluding carboxylic acids is 2. The number of fused-ring (bicyclic) bond motifs is 3. The van der Waals surface area contributed by atoms with Crippen LogP contribution in [-0.2, 0) is 30.3 Å². The zero-order valence-electron chi connectivity index (χ0n) is 19.9. The molecule has 37 heavy (non-hydrogen) atoms. The zero-order chi connectivity index (χ0) is 25.5. The molecule has 0 aliphatic carbocycles. The fourth-order valence-electron chi connectivity index (χ4n) is 5.00. The van der Waals surface area contributed by atoms with Crippen molar-refractivity contribution in [3.63, 3.8) is 0 Å². The van der Waals surface area contributed by atoms with E-state index < -0.39 is 16.6 Å². The number of anilines is 1. The van der Waals surface area contributed by atoms with Crippen LogP contribution in [0.25, 0.3) is 0 Å². The number of hydrogen-bond acceptors (Lipinski definition) is 3. The molecular formula is C30H23FN2O3S. The van der Waals surface area contributed by atoms with Gasteiger partial charge in [-0.25, -0.2) is 8.60 Å². The molecule has 184 valence electrons. The first-order valence-corrected chi connectivity index (χ1v) is 13.2. The summed E-state index contributed by atoms with van der Waals surface area (Å²) in [7, 11) is -1.65. The molecule has 0 aromatic heterocycles. The van der Waals surface area contributed by atoms with E-state index in [1.807, 2.05) is 18.2 Å². The van der Waals surface area contributed by atoms with Crippen LogP contribution in [0.4, 0.5) is 10.1 Å². The topological polar surface area (TPSA) is 57.7 Å². The van der Waals surface area contributed by atoms with E-state index in [0.717, 1.165) is 12.0 Å². The van der Waals surface area contributed by atoms with Crippen LogP contribution in [-0.4, -0.2) is 27.5 Å². The average molecular weight is 511 g/mol. The third kappa shape index (κ3) is 4.15. The van der Waals surface area contributed by atoms with Crippen LogP contribution in [0.3, 0.4) is 0 Å². The Kier molecular flexibility index (Phi) is 5.93. The van der Waals surface area contributed by atoms with Gasteiger partial charge in [-0.15, -0.1) is 0 Å². The second kappa shape index (κ2) is 9.41. The number of amides is 2. The normalized spacial score (nSPS) is 16.5. The van der Waals surface area contributed by atoms with Crippen molar-refractivity contribution in [2.24, 2.45) is 0 Å². The Hall–Kier alpha value is -4.10. The van der Waals surface area contributed by atoms with Crippen LogP contribution in [0.2, 0.25) is 0 Å². The predicted octanol–water partition coefficient (Wildman–Crippen LogP) is 5.35. The molecule has 0 saturated heterocycles. The van der Waals surface area contributed by atoms with Crippen molar-refractivity contribution in [1.29, 1.82) is 0 Å². The molecule has 0 fully saturated rings. The van der Waals surface area contributed by atoms with E-state index in [4.69, 9.17) is 0 Å². The minimum absolute atomic E-state index is 0.0568. The molecule has 4 aromatic carbocycles. The van der Waals surface area contributed by atoms with Crippen LogP contribution in [0.5, 0.6) is 0 Å². The van der Waals surface area contributed by atoms with Crippen LogP contribution in [0, 0.1) is 5.82 Å². The molecule has 0 spiro atoms. The summed E-state index contributed by atoms with van der Waals surface area (Å²) in [6.07, 6.45) is 0.768. The highest BCUT2D eigenvalue weighted by Gasteiger charge is 2.32. The summed E-state index contributed by atoms with van der Waals surface area (Å²) in [5, 5.41) is 0. The fourth-order valence-corrected chi connectivity index (χ4v) is 6.35. The molecule has 7 heteroatoms. The summed E-state index contributed by atoms with van der Waals surface area (Å²) in [6, 6.07) is 26.1. The molecule has 0 bridgehead atoms. The molecule has 2 aliphatic rings. The third-order valence-corrected chi connectivity index (χ3v) is 8.46. The highest BCUT2D eigenvalue weighted by atomic mass is 32.2. The van der Waals surface area contributed by atoms with E-state index in [0.29, 0.717) is 45.3 Å². The van der Waals surface area contributed by atoms with Gasteiger partial charge >= 0.3 is 0 Å². The van der Waals surface area contributed by atoms with Crippen molar-refractivity contribution >= 4 is 28.3 Å². The lowest BCUT2D eigenvalue weighted by Crippen LogP contribution is -2.36. The molecule has 4 aromatic rings. The molecule has 0 unspecified atom stereocenters. The van der Waals surface area contributed by atoms with Gasteiger partial charge in [-0.1, -0.05) is 54.6 Å². The van der Waals surface area contributed by atoms with Crippen molar-refractivity contribution in [3.05, 3.63) is 125 Å². The van der Waals surface area contributed by atoms with E-state index in [-0.39, 0.29) is 18.4 Å². The van der Waals surface area contributed by atoms with Crippen LogP contribution in [0.1, 0.15) is 37.4 Å². The summed E-state index contributed by atoms with van der Waals surface area (Å²) in [4.78, 5) is 31.4. The van der Waals surface area contributed by atoms with Gasteiger partial charge in [0, 0.05) is 24.2 Å². The Morgan fingerprint density at radius 1 is 0.865 bits per heavy atom. The maximum atomic E-state index is 14.6. The second-order valence-electron chi connectivity index (χ2n) is 9.18. The van der Waals surface area contributed by atoms with E-state index in [1.165, 1.54) is 16.5 Å². The quantitative estimate of drug-likeness (QED) is 0.373. The standard InChI is InChI=1S/C30H23FN2O3S/c31-25-11-5-3-9-23(25)19-33-26-17-21(29(34)32-16-15-20-7-1-2-8-22(20)18-32)13-14-28(26)37(36)27-12-6-4-10-24(27)30(33)35/h1-14,17H,15-16,18-19H2/t37-/m0/s1. The molecule has 2 amide bonds. The highest BCUT2D eigenvalue weighted by Crippen LogP contribution is 2.36. The van der Waals surface area contributed by atoms with E-state index >= 15 is 0 Å². The van der Waals surface area contributed by atoms with Crippen LogP contribution >= 0.6 is 0 Å². The lowest BCUT2D eigenvalue weighted by atomic mass is 9.99. The first-order valence-electron chi connectivity index (χ1n) is 12.1. The van der Waals surface area contributed by atoms with E-state index in [9.17, 15) is 18.2 Å². The average Bonchev–Trinajstić information content (AvgIpc) is 3.02. The van der Waals surface area contributed by atoms with Crippen molar-refractivity contribution in [2.45, 2.75) is 29.3 Å². The largest absolute Gasteiger partial charge is 0.334 e. The monoisotopic (exact) mass is 510 g/mol. The van der Waals surface area contributed by atoms with Gasteiger partial charge in [0.15, 0.2) is 0 Å². The van der Waals surface area contributed by atoms with Gasteiger partial charge in [-0.2, -0.15) is 0 Å². The van der Waals surface area contributed by atoms with Gasteiger partial charge in [0.2, 0.25) is 0 Å². The van der Waals surface area contributed by atoms with Gasteiger partial charge in [0.25, 0.3) is 11.8 Å². The molecule has 1 atom stereocenters. The Morgan fingerprint density at radius 2 is 1.59 bits per heavy atom. The van der Waals surface area contributed by atoms with Crippen molar-refractivity contribution in [1.82, 2.24) is 4.90 Å². The summed E-state index contributed by atoms with van der Waals surface area (Å²) < 4.78 is 28.3. The second-order valence-corrected chi connectivity index (χ2v) is 10.6. The molecule has 0 saturated carbocycles. The van der Waals surface area contributed by atoms with E-state index in [1.54, 1.807) is 65.6 Å². The maximum Gasteiger partial charge on any atom is 0.259 e. The molecule has 0 radical (unpaired) electrons. The molecule has 2 aliphatic heterocycles. The maximum absolute atomic E-state index is 14.6. The first-order chi connectivity index (χ1) is 18.0. The summed E-state index contributed by atoms with van der Waals surface area (Å²) in [6.45, 7) is 1.03. The minimum atomic E-state index is -1.65. The number of hydrogen-bond donors (Lipinski definition) is 0. The molecule has 0 N–H and O–H groups in total. The molecular weight excluding hydrogens is 487 g/mol. The first kappa shape index (κ1) is 23.3. The summed E-state index contributed by atoms with van der Waals surface area (Å²) >= 11 is 0. The van der Waals surface area contributed by atoms with E-state index in [2.05, 4.69) is 6.07 Å². The lowest BCUT2D eigenvalue weighted by Gasteiger charge is -2.29. The highest BCUT2D eigenvalue weighted by molar-refractivity contribution is 7.85. The smallest absolute Gasteiger partial charge is 0.259 e. The van der Waals surface area contributed by atoms with Crippen molar-refractivity contribution in [3.8, 4) is 0 Å². The Balaban J connectivity index is 1.43. The SMILES string of the molecule is O=C(c1ccc2c(c1)N(Cc1ccccc1F)C(=O)c1ccccc1[S@@]2=O)N1CCc2ccccc2C1. The van der Waals surface area contributed by atoms with Crippen molar-refractivity contribution in [2.75, 3.05) is 11.4 Å². The number of rotatable bonds is 3. The summed E-state index contributed by atoms with van der Waals surface area (Å²) in [5.74, 6) is -0.986. The third-order valence-electron chi connectivity index (χ3n) is 6.96. The van der Waals surface area contributed by atoms with Gasteiger partial charge in [-0.3, -0.25) is 9.59 Å². The number of benzene rings is 4. The van der Waals surface area contributed by atoms with Crippen LogP contribution in [0.15, 0.2) is 101 Å². The van der Waals surface area contributed by atoms with Gasteiger partial charge in [-0.05, 0) is 53.9 Å². The number of carbonyl (C=O) groups is 2. The van der Waals surface area contributed by atoms with Crippen molar-refractivity contribution < 1.29 is 18.2 Å². The summed E-state index contributed by atoms with van der Waals surface area (Å²) in [5.41, 5.74) is 3.73. The molecule has 5 nitrogen and oxygen atoms in total. The molecule has 2 heterocycles. The lowest BCUT2D eigenvalue weighted by molar-refractivity contribution is 0.0734. The van der Waals surface area contributed by atoms with Gasteiger partial charge in [0.1, 0.15) is 5.82 Å².